The molecule has 2 aromatic carbocycles. The van der Waals surface area contributed by atoms with E-state index in [1.165, 1.54) is 13.2 Å². The largest absolute Gasteiger partial charge is 0.493 e. The summed E-state index contributed by atoms with van der Waals surface area (Å²) in [6.07, 6.45) is 2.98. The molecule has 0 fully saturated rings. The maximum Gasteiger partial charge on any atom is 0.331 e. The van der Waals surface area contributed by atoms with Gasteiger partial charge in [0.1, 0.15) is 6.61 Å². The average Bonchev–Trinajstić information content (AvgIpc) is 2.60. The zero-order valence-electron chi connectivity index (χ0n) is 12.8. The van der Waals surface area contributed by atoms with Crippen LogP contribution in [-0.2, 0) is 16.1 Å². The zero-order chi connectivity index (χ0) is 16.5. The standard InChI is InChI=1S/C18H18O5/c1-21-17-11-14(7-9-16(17)23-13-19)8-10-18(20)22-12-15-5-3-2-4-6-15/h2-11,19H,12-13H2,1H3/b10-8+. The highest BCUT2D eigenvalue weighted by molar-refractivity contribution is 5.87. The van der Waals surface area contributed by atoms with Crippen LogP contribution in [0.5, 0.6) is 11.5 Å². The van der Waals surface area contributed by atoms with Gasteiger partial charge in [0.2, 0.25) is 0 Å². The van der Waals surface area contributed by atoms with Crippen molar-refractivity contribution in [3.05, 3.63) is 65.7 Å². The fraction of sp³-hybridized carbons (Fsp3) is 0.167. The van der Waals surface area contributed by atoms with Crippen molar-refractivity contribution < 1.29 is 24.1 Å². The van der Waals surface area contributed by atoms with Crippen LogP contribution in [0, 0.1) is 0 Å². The molecule has 0 aliphatic heterocycles. The van der Waals surface area contributed by atoms with Crippen molar-refractivity contribution in [3.63, 3.8) is 0 Å². The molecule has 0 aliphatic rings. The Kier molecular flexibility index (Phi) is 6.20. The molecule has 0 saturated carbocycles. The number of aliphatic hydroxyl groups excluding tert-OH is 1. The van der Waals surface area contributed by atoms with Crippen LogP contribution in [0.1, 0.15) is 11.1 Å². The first-order valence-corrected chi connectivity index (χ1v) is 7.03. The molecule has 0 heterocycles. The molecule has 0 bridgehead atoms. The molecule has 0 aromatic heterocycles. The zero-order valence-corrected chi connectivity index (χ0v) is 12.8. The first-order chi connectivity index (χ1) is 11.2. The van der Waals surface area contributed by atoms with Gasteiger partial charge in [-0.2, -0.15) is 0 Å². The second-order valence-corrected chi connectivity index (χ2v) is 4.61. The minimum atomic E-state index is -0.433. The van der Waals surface area contributed by atoms with Crippen molar-refractivity contribution in [2.75, 3.05) is 13.9 Å². The lowest BCUT2D eigenvalue weighted by molar-refractivity contribution is -0.138. The Labute approximate surface area is 134 Å². The molecule has 120 valence electrons. The Balaban J connectivity index is 1.95. The van der Waals surface area contributed by atoms with Crippen molar-refractivity contribution in [1.29, 1.82) is 0 Å². The number of rotatable bonds is 7. The van der Waals surface area contributed by atoms with Gasteiger partial charge >= 0.3 is 5.97 Å². The third-order valence-corrected chi connectivity index (χ3v) is 3.04. The minimum absolute atomic E-state index is 0.233. The van der Waals surface area contributed by atoms with Gasteiger partial charge in [0, 0.05) is 6.08 Å². The Morgan fingerprint density at radius 3 is 2.61 bits per heavy atom. The van der Waals surface area contributed by atoms with Crippen molar-refractivity contribution in [3.8, 4) is 11.5 Å². The summed E-state index contributed by atoms with van der Waals surface area (Å²) in [4.78, 5) is 11.7. The van der Waals surface area contributed by atoms with Gasteiger partial charge < -0.3 is 19.3 Å². The van der Waals surface area contributed by atoms with Gasteiger partial charge in [-0.1, -0.05) is 36.4 Å². The van der Waals surface area contributed by atoms with Gasteiger partial charge in [0.05, 0.1) is 7.11 Å². The quantitative estimate of drug-likeness (QED) is 0.483. The molecule has 0 spiro atoms. The van der Waals surface area contributed by atoms with Gasteiger partial charge in [-0.25, -0.2) is 4.79 Å². The number of hydrogen-bond donors (Lipinski definition) is 1. The van der Waals surface area contributed by atoms with E-state index in [0.29, 0.717) is 11.5 Å². The summed E-state index contributed by atoms with van der Waals surface area (Å²) in [5.41, 5.74) is 1.69. The van der Waals surface area contributed by atoms with E-state index < -0.39 is 12.8 Å². The second kappa shape index (κ2) is 8.60. The Hall–Kier alpha value is -2.79. The molecule has 5 nitrogen and oxygen atoms in total. The van der Waals surface area contributed by atoms with E-state index in [4.69, 9.17) is 19.3 Å². The first kappa shape index (κ1) is 16.6. The van der Waals surface area contributed by atoms with E-state index in [2.05, 4.69) is 0 Å². The van der Waals surface area contributed by atoms with E-state index in [1.807, 2.05) is 30.3 Å². The molecule has 0 unspecified atom stereocenters. The molecular formula is C18H18O5. The fourth-order valence-corrected chi connectivity index (χ4v) is 1.92. The third kappa shape index (κ3) is 5.16. The lowest BCUT2D eigenvalue weighted by Gasteiger charge is -2.09. The first-order valence-electron chi connectivity index (χ1n) is 7.03. The monoisotopic (exact) mass is 314 g/mol. The summed E-state index contributed by atoms with van der Waals surface area (Å²) < 4.78 is 15.3. The molecular weight excluding hydrogens is 296 g/mol. The number of benzene rings is 2. The van der Waals surface area contributed by atoms with Gasteiger partial charge in [-0.15, -0.1) is 0 Å². The number of carbonyl (C=O) groups excluding carboxylic acids is 1. The van der Waals surface area contributed by atoms with E-state index in [0.717, 1.165) is 11.1 Å². The lowest BCUT2D eigenvalue weighted by atomic mass is 10.2. The van der Waals surface area contributed by atoms with E-state index >= 15 is 0 Å². The van der Waals surface area contributed by atoms with Crippen molar-refractivity contribution >= 4 is 12.0 Å². The normalized spacial score (nSPS) is 10.5. The molecule has 5 heteroatoms. The van der Waals surface area contributed by atoms with Crippen LogP contribution in [0.25, 0.3) is 6.08 Å². The summed E-state index contributed by atoms with van der Waals surface area (Å²) in [5, 5.41) is 8.79. The Morgan fingerprint density at radius 2 is 1.91 bits per heavy atom. The van der Waals surface area contributed by atoms with Crippen LogP contribution in [0.3, 0.4) is 0 Å². The van der Waals surface area contributed by atoms with Gasteiger partial charge in [0.15, 0.2) is 18.3 Å². The van der Waals surface area contributed by atoms with Crippen LogP contribution in [-0.4, -0.2) is 25.0 Å². The molecule has 0 atom stereocenters. The number of esters is 1. The summed E-state index contributed by atoms with van der Waals surface area (Å²) >= 11 is 0. The highest BCUT2D eigenvalue weighted by atomic mass is 16.6. The third-order valence-electron chi connectivity index (χ3n) is 3.04. The summed E-state index contributed by atoms with van der Waals surface area (Å²) in [6, 6.07) is 14.6. The smallest absolute Gasteiger partial charge is 0.331 e. The molecule has 1 N–H and O–H groups in total. The van der Waals surface area contributed by atoms with E-state index in [1.54, 1.807) is 24.3 Å². The van der Waals surface area contributed by atoms with Crippen LogP contribution < -0.4 is 9.47 Å². The van der Waals surface area contributed by atoms with Gasteiger partial charge in [0.25, 0.3) is 0 Å². The van der Waals surface area contributed by atoms with Crippen molar-refractivity contribution in [1.82, 2.24) is 0 Å². The predicted octanol–water partition coefficient (Wildman–Crippen LogP) is 2.78. The average molecular weight is 314 g/mol. The van der Waals surface area contributed by atoms with Crippen LogP contribution in [0.2, 0.25) is 0 Å². The number of hydrogen-bond acceptors (Lipinski definition) is 5. The summed E-state index contributed by atoms with van der Waals surface area (Å²) in [5.74, 6) is 0.473. The minimum Gasteiger partial charge on any atom is -0.493 e. The summed E-state index contributed by atoms with van der Waals surface area (Å²) in [6.45, 7) is -0.200. The van der Waals surface area contributed by atoms with Crippen LogP contribution in [0.15, 0.2) is 54.6 Å². The number of methoxy groups -OCH3 is 1. The van der Waals surface area contributed by atoms with E-state index in [-0.39, 0.29) is 6.61 Å². The molecule has 2 aromatic rings. The number of ether oxygens (including phenoxy) is 3. The van der Waals surface area contributed by atoms with Crippen LogP contribution >= 0.6 is 0 Å². The van der Waals surface area contributed by atoms with Gasteiger partial charge in [-0.3, -0.25) is 0 Å². The highest BCUT2D eigenvalue weighted by Crippen LogP contribution is 2.28. The topological polar surface area (TPSA) is 65.0 Å². The van der Waals surface area contributed by atoms with Crippen LogP contribution in [0.4, 0.5) is 0 Å². The maximum absolute atomic E-state index is 11.7. The maximum atomic E-state index is 11.7. The number of carbonyl (C=O) groups is 1. The molecule has 0 aliphatic carbocycles. The highest BCUT2D eigenvalue weighted by Gasteiger charge is 2.05. The molecule has 23 heavy (non-hydrogen) atoms. The molecule has 0 saturated heterocycles. The number of aliphatic hydroxyl groups is 1. The predicted molar refractivity (Wildman–Crippen MR) is 86.0 cm³/mol. The van der Waals surface area contributed by atoms with E-state index in [9.17, 15) is 4.79 Å². The lowest BCUT2D eigenvalue weighted by Crippen LogP contribution is -2.00. The van der Waals surface area contributed by atoms with Gasteiger partial charge in [-0.05, 0) is 29.3 Å². The molecule has 0 radical (unpaired) electrons. The summed E-state index contributed by atoms with van der Waals surface area (Å²) in [7, 11) is 1.50. The Morgan fingerprint density at radius 1 is 1.13 bits per heavy atom. The SMILES string of the molecule is COc1cc(/C=C/C(=O)OCc2ccccc2)ccc1OCO. The second-order valence-electron chi connectivity index (χ2n) is 4.61. The molecule has 2 rings (SSSR count). The van der Waals surface area contributed by atoms with Crippen molar-refractivity contribution in [2.24, 2.45) is 0 Å². The van der Waals surface area contributed by atoms with Crippen molar-refractivity contribution in [2.45, 2.75) is 6.61 Å². The fourth-order valence-electron chi connectivity index (χ4n) is 1.92. The Bertz CT molecular complexity index is 664. The molecule has 0 amide bonds.